The van der Waals surface area contributed by atoms with Crippen molar-refractivity contribution in [3.8, 4) is 5.75 Å². The Kier molecular flexibility index (Phi) is 5.58. The highest BCUT2D eigenvalue weighted by Gasteiger charge is 2.46. The van der Waals surface area contributed by atoms with Gasteiger partial charge in [0.25, 0.3) is 0 Å². The monoisotopic (exact) mass is 436 g/mol. The van der Waals surface area contributed by atoms with Crippen LogP contribution in [-0.4, -0.2) is 49.2 Å². The first-order valence-corrected chi connectivity index (χ1v) is 12.2. The van der Waals surface area contributed by atoms with E-state index in [1.807, 2.05) is 48.5 Å². The third-order valence-corrected chi connectivity index (χ3v) is 8.04. The van der Waals surface area contributed by atoms with Gasteiger partial charge in [0.05, 0.1) is 30.7 Å². The molecule has 148 valence electrons. The van der Waals surface area contributed by atoms with Crippen molar-refractivity contribution in [1.29, 1.82) is 0 Å². The minimum absolute atomic E-state index is 0.0842. The summed E-state index contributed by atoms with van der Waals surface area (Å²) in [6.07, 6.45) is 0. The third-order valence-electron chi connectivity index (χ3n) is 5.01. The van der Waals surface area contributed by atoms with Crippen LogP contribution in [0.25, 0.3) is 0 Å². The SMILES string of the molecule is COc1ccc(CSC2=N[C@@H]3CS(=O)(=O)C[C@@H]3N2Cc2ccc(Cl)cc2)cc1. The van der Waals surface area contributed by atoms with E-state index >= 15 is 0 Å². The molecule has 2 aromatic rings. The van der Waals surface area contributed by atoms with Crippen LogP contribution in [0.15, 0.2) is 53.5 Å². The van der Waals surface area contributed by atoms with Crippen LogP contribution in [0.5, 0.6) is 5.75 Å². The number of halogens is 1. The average Bonchev–Trinajstić information content (AvgIpc) is 3.14. The molecular weight excluding hydrogens is 416 g/mol. The largest absolute Gasteiger partial charge is 0.497 e. The lowest BCUT2D eigenvalue weighted by Crippen LogP contribution is -2.38. The minimum Gasteiger partial charge on any atom is -0.497 e. The average molecular weight is 437 g/mol. The van der Waals surface area contributed by atoms with Gasteiger partial charge in [-0.15, -0.1) is 0 Å². The summed E-state index contributed by atoms with van der Waals surface area (Å²) in [4.78, 5) is 6.91. The lowest BCUT2D eigenvalue weighted by Gasteiger charge is -2.26. The van der Waals surface area contributed by atoms with Crippen molar-refractivity contribution < 1.29 is 13.2 Å². The zero-order valence-electron chi connectivity index (χ0n) is 15.4. The van der Waals surface area contributed by atoms with E-state index in [2.05, 4.69) is 4.90 Å². The molecule has 0 unspecified atom stereocenters. The molecule has 5 nitrogen and oxygen atoms in total. The van der Waals surface area contributed by atoms with E-state index in [4.69, 9.17) is 21.3 Å². The molecule has 2 aliphatic heterocycles. The van der Waals surface area contributed by atoms with Crippen molar-refractivity contribution in [3.05, 3.63) is 64.7 Å². The topological polar surface area (TPSA) is 59.0 Å². The van der Waals surface area contributed by atoms with Crippen molar-refractivity contribution in [2.45, 2.75) is 24.4 Å². The Balaban J connectivity index is 1.51. The number of ether oxygens (including phenoxy) is 1. The second-order valence-corrected chi connectivity index (χ2v) is 10.5. The van der Waals surface area contributed by atoms with Crippen LogP contribution in [0, 0.1) is 0 Å². The fourth-order valence-corrected chi connectivity index (χ4v) is 6.62. The van der Waals surface area contributed by atoms with E-state index in [0.29, 0.717) is 11.6 Å². The maximum absolute atomic E-state index is 12.1. The third kappa shape index (κ3) is 4.31. The van der Waals surface area contributed by atoms with Crippen molar-refractivity contribution >= 4 is 38.4 Å². The number of thioether (sulfide) groups is 1. The first-order chi connectivity index (χ1) is 13.4. The molecule has 0 N–H and O–H groups in total. The van der Waals surface area contributed by atoms with E-state index in [1.54, 1.807) is 18.9 Å². The maximum atomic E-state index is 12.1. The number of fused-ring (bicyclic) bond motifs is 1. The lowest BCUT2D eigenvalue weighted by atomic mass is 10.1. The smallest absolute Gasteiger partial charge is 0.160 e. The van der Waals surface area contributed by atoms with Gasteiger partial charge in [-0.3, -0.25) is 4.99 Å². The second-order valence-electron chi connectivity index (χ2n) is 7.01. The highest BCUT2D eigenvalue weighted by atomic mass is 35.5. The summed E-state index contributed by atoms with van der Waals surface area (Å²) in [5.74, 6) is 1.91. The molecule has 1 saturated heterocycles. The number of aliphatic imine (C=N–C) groups is 1. The summed E-state index contributed by atoms with van der Waals surface area (Å²) in [7, 11) is -1.38. The number of hydrogen-bond acceptors (Lipinski definition) is 6. The maximum Gasteiger partial charge on any atom is 0.160 e. The van der Waals surface area contributed by atoms with Crippen molar-refractivity contribution in [1.82, 2.24) is 4.90 Å². The Hall–Kier alpha value is -1.70. The predicted octanol–water partition coefficient (Wildman–Crippen LogP) is 3.62. The van der Waals surface area contributed by atoms with Gasteiger partial charge in [0, 0.05) is 17.3 Å². The van der Waals surface area contributed by atoms with Gasteiger partial charge < -0.3 is 9.64 Å². The van der Waals surface area contributed by atoms with E-state index in [0.717, 1.165) is 22.2 Å². The molecule has 2 aliphatic rings. The van der Waals surface area contributed by atoms with Gasteiger partial charge in [-0.05, 0) is 35.4 Å². The van der Waals surface area contributed by atoms with Crippen molar-refractivity contribution in [3.63, 3.8) is 0 Å². The molecule has 4 rings (SSSR count). The number of benzene rings is 2. The molecule has 8 heteroatoms. The van der Waals surface area contributed by atoms with Gasteiger partial charge in [-0.1, -0.05) is 47.6 Å². The number of nitrogens with zero attached hydrogens (tertiary/aromatic N) is 2. The minimum atomic E-state index is -3.03. The molecule has 0 amide bonds. The molecule has 0 aromatic heterocycles. The highest BCUT2D eigenvalue weighted by molar-refractivity contribution is 8.13. The van der Waals surface area contributed by atoms with Crippen molar-refractivity contribution in [2.24, 2.45) is 4.99 Å². The molecule has 28 heavy (non-hydrogen) atoms. The van der Waals surface area contributed by atoms with Crippen LogP contribution in [0.2, 0.25) is 5.02 Å². The number of rotatable bonds is 5. The molecule has 2 aromatic carbocycles. The molecule has 1 fully saturated rings. The fourth-order valence-electron chi connectivity index (χ4n) is 3.55. The summed E-state index contributed by atoms with van der Waals surface area (Å²) in [5.41, 5.74) is 2.26. The Morgan fingerprint density at radius 2 is 1.79 bits per heavy atom. The van der Waals surface area contributed by atoms with Crippen LogP contribution in [0.4, 0.5) is 0 Å². The number of amidine groups is 1. The molecule has 0 bridgehead atoms. The van der Waals surface area contributed by atoms with E-state index in [-0.39, 0.29) is 23.6 Å². The zero-order valence-corrected chi connectivity index (χ0v) is 17.8. The summed E-state index contributed by atoms with van der Waals surface area (Å²) < 4.78 is 29.4. The molecular formula is C20H21ClN2O3S2. The predicted molar refractivity (Wildman–Crippen MR) is 115 cm³/mol. The summed E-state index contributed by atoms with van der Waals surface area (Å²) >= 11 is 7.65. The molecule has 0 radical (unpaired) electrons. The van der Waals surface area contributed by atoms with E-state index in [1.165, 1.54) is 5.56 Å². The van der Waals surface area contributed by atoms with Gasteiger partial charge in [0.2, 0.25) is 0 Å². The lowest BCUT2D eigenvalue weighted by molar-refractivity contribution is 0.343. The van der Waals surface area contributed by atoms with Crippen LogP contribution in [0.3, 0.4) is 0 Å². The van der Waals surface area contributed by atoms with E-state index in [9.17, 15) is 8.42 Å². The van der Waals surface area contributed by atoms with Crippen LogP contribution in [-0.2, 0) is 22.1 Å². The summed E-state index contributed by atoms with van der Waals surface area (Å²) in [6, 6.07) is 15.4. The normalized spacial score (nSPS) is 22.8. The van der Waals surface area contributed by atoms with Gasteiger partial charge in [-0.2, -0.15) is 0 Å². The molecule has 0 aliphatic carbocycles. The quantitative estimate of drug-likeness (QED) is 0.716. The Morgan fingerprint density at radius 1 is 1.11 bits per heavy atom. The van der Waals surface area contributed by atoms with Crippen LogP contribution in [0.1, 0.15) is 11.1 Å². The molecule has 2 atom stereocenters. The van der Waals surface area contributed by atoms with Gasteiger partial charge in [0.1, 0.15) is 5.75 Å². The fraction of sp³-hybridized carbons (Fsp3) is 0.350. The molecule has 2 heterocycles. The summed E-state index contributed by atoms with van der Waals surface area (Å²) in [5, 5.41) is 1.60. The first-order valence-electron chi connectivity index (χ1n) is 8.98. The van der Waals surface area contributed by atoms with Gasteiger partial charge in [0.15, 0.2) is 15.0 Å². The Bertz CT molecular complexity index is 976. The standard InChI is InChI=1S/C20H21ClN2O3S2/c1-26-17-8-4-15(5-9-17)11-27-20-22-18-12-28(24,25)13-19(18)23(20)10-14-2-6-16(21)7-3-14/h2-9,18-19H,10-13H2,1H3/t18-,19+/m1/s1. The van der Waals surface area contributed by atoms with E-state index < -0.39 is 9.84 Å². The first kappa shape index (κ1) is 19.6. The van der Waals surface area contributed by atoms with Gasteiger partial charge in [-0.25, -0.2) is 8.42 Å². The number of hydrogen-bond donors (Lipinski definition) is 0. The Labute approximate surface area is 174 Å². The number of methoxy groups -OCH3 is 1. The molecule has 0 saturated carbocycles. The Morgan fingerprint density at radius 3 is 2.46 bits per heavy atom. The summed E-state index contributed by atoms with van der Waals surface area (Å²) in [6.45, 7) is 0.627. The number of sulfone groups is 1. The zero-order chi connectivity index (χ0) is 19.7. The van der Waals surface area contributed by atoms with Crippen LogP contribution >= 0.6 is 23.4 Å². The van der Waals surface area contributed by atoms with Gasteiger partial charge >= 0.3 is 0 Å². The highest BCUT2D eigenvalue weighted by Crippen LogP contribution is 2.33. The second kappa shape index (κ2) is 7.97. The molecule has 0 spiro atoms. The van der Waals surface area contributed by atoms with Crippen molar-refractivity contribution in [2.75, 3.05) is 18.6 Å². The van der Waals surface area contributed by atoms with Crippen LogP contribution < -0.4 is 4.74 Å².